The molecule has 2 unspecified atom stereocenters. The molecule has 7 heteroatoms. The van der Waals surface area contributed by atoms with E-state index in [1.807, 2.05) is 18.2 Å². The highest BCUT2D eigenvalue weighted by Crippen LogP contribution is 2.36. The second-order valence-electron chi connectivity index (χ2n) is 6.11. The summed E-state index contributed by atoms with van der Waals surface area (Å²) in [6, 6.07) is 13.9. The molecular weight excluding hydrogens is 370 g/mol. The van der Waals surface area contributed by atoms with Crippen molar-refractivity contribution in [2.75, 3.05) is 5.75 Å². The van der Waals surface area contributed by atoms with Gasteiger partial charge in [-0.2, -0.15) is 0 Å². The zero-order valence-corrected chi connectivity index (χ0v) is 15.6. The number of hydrogen-bond acceptors (Lipinski definition) is 3. The molecule has 0 saturated carbocycles. The molecule has 2 atom stereocenters. The summed E-state index contributed by atoms with van der Waals surface area (Å²) in [5.41, 5.74) is 7.20. The number of amides is 3. The number of benzene rings is 2. The molecule has 2 aromatic carbocycles. The van der Waals surface area contributed by atoms with Gasteiger partial charge in [0.25, 0.3) is 0 Å². The Bertz CT molecular complexity index is 798. The van der Waals surface area contributed by atoms with Gasteiger partial charge in [0.05, 0.1) is 18.5 Å². The third kappa shape index (κ3) is 4.71. The van der Waals surface area contributed by atoms with Crippen LogP contribution < -0.4 is 16.4 Å². The zero-order valence-electron chi connectivity index (χ0n) is 14.1. The smallest absolute Gasteiger partial charge is 0.312 e. The first-order chi connectivity index (χ1) is 12.5. The minimum Gasteiger partial charge on any atom is -0.352 e. The van der Waals surface area contributed by atoms with Crippen molar-refractivity contribution in [3.63, 3.8) is 0 Å². The lowest BCUT2D eigenvalue weighted by Crippen LogP contribution is -2.38. The van der Waals surface area contributed by atoms with Crippen LogP contribution in [0.15, 0.2) is 53.4 Å². The lowest BCUT2D eigenvalue weighted by atomic mass is 10.0. The fourth-order valence-electron chi connectivity index (χ4n) is 3.05. The van der Waals surface area contributed by atoms with Crippen LogP contribution >= 0.6 is 23.4 Å². The molecule has 1 heterocycles. The number of halogens is 1. The fraction of sp³-hybridized carbons (Fsp3) is 0.263. The Morgan fingerprint density at radius 1 is 1.19 bits per heavy atom. The highest BCUT2D eigenvalue weighted by atomic mass is 35.5. The predicted molar refractivity (Wildman–Crippen MR) is 104 cm³/mol. The summed E-state index contributed by atoms with van der Waals surface area (Å²) in [7, 11) is 0. The molecule has 1 aliphatic heterocycles. The molecule has 0 aliphatic carbocycles. The minimum atomic E-state index is -0.669. The topological polar surface area (TPSA) is 84.2 Å². The summed E-state index contributed by atoms with van der Waals surface area (Å²) in [6.45, 7) is 0. The Morgan fingerprint density at radius 3 is 2.65 bits per heavy atom. The van der Waals surface area contributed by atoms with Crippen LogP contribution in [-0.4, -0.2) is 17.7 Å². The van der Waals surface area contributed by atoms with E-state index < -0.39 is 12.1 Å². The summed E-state index contributed by atoms with van der Waals surface area (Å²) in [4.78, 5) is 25.2. The summed E-state index contributed by atoms with van der Waals surface area (Å²) in [5, 5.41) is 6.31. The van der Waals surface area contributed by atoms with Gasteiger partial charge in [-0.3, -0.25) is 4.79 Å². The number of nitrogens with two attached hydrogens (primary N) is 1. The Labute approximate surface area is 161 Å². The molecule has 0 bridgehead atoms. The molecule has 2 aromatic rings. The van der Waals surface area contributed by atoms with Crippen LogP contribution in [0.2, 0.25) is 5.02 Å². The third-order valence-corrected chi connectivity index (χ3v) is 5.65. The van der Waals surface area contributed by atoms with Gasteiger partial charge in [-0.1, -0.05) is 41.9 Å². The minimum absolute atomic E-state index is 0.0144. The summed E-state index contributed by atoms with van der Waals surface area (Å²) < 4.78 is 0. The number of urea groups is 1. The number of nitrogens with one attached hydrogen (secondary N) is 2. The quantitative estimate of drug-likeness (QED) is 0.727. The standard InChI is InChI=1S/C19H20ClN3O2S/c20-13-7-5-12(6-8-13)16(23-19(21)25)11-18(24)22-15-9-10-26-17-4-2-1-3-14(15)17/h1-8,15-16H,9-11H2,(H,22,24)(H3,21,23,25). The maximum Gasteiger partial charge on any atom is 0.312 e. The number of carbonyl (C=O) groups is 2. The lowest BCUT2D eigenvalue weighted by Gasteiger charge is -2.27. The predicted octanol–water partition coefficient (Wildman–Crippen LogP) is 3.79. The number of carbonyl (C=O) groups excluding carboxylic acids is 2. The van der Waals surface area contributed by atoms with Crippen LogP contribution in [0.25, 0.3) is 0 Å². The van der Waals surface area contributed by atoms with Crippen molar-refractivity contribution >= 4 is 35.3 Å². The molecule has 5 nitrogen and oxygen atoms in total. The molecule has 3 amide bonds. The fourth-order valence-corrected chi connectivity index (χ4v) is 4.30. The van der Waals surface area contributed by atoms with E-state index in [1.165, 1.54) is 4.90 Å². The Hall–Kier alpha value is -2.18. The normalized spacial score (nSPS) is 17.0. The average molecular weight is 390 g/mol. The van der Waals surface area contributed by atoms with E-state index in [2.05, 4.69) is 16.7 Å². The highest BCUT2D eigenvalue weighted by molar-refractivity contribution is 7.99. The SMILES string of the molecule is NC(=O)NC(CC(=O)NC1CCSc2ccccc21)c1ccc(Cl)cc1. The van der Waals surface area contributed by atoms with E-state index >= 15 is 0 Å². The zero-order chi connectivity index (χ0) is 18.5. The van der Waals surface area contributed by atoms with Crippen molar-refractivity contribution < 1.29 is 9.59 Å². The monoisotopic (exact) mass is 389 g/mol. The van der Waals surface area contributed by atoms with Crippen LogP contribution in [0.4, 0.5) is 4.79 Å². The molecule has 0 saturated heterocycles. The molecule has 4 N–H and O–H groups in total. The van der Waals surface area contributed by atoms with Crippen LogP contribution in [0.1, 0.15) is 36.1 Å². The van der Waals surface area contributed by atoms with Crippen LogP contribution in [0.5, 0.6) is 0 Å². The first-order valence-corrected chi connectivity index (χ1v) is 9.72. The molecule has 1 aliphatic rings. The maximum absolute atomic E-state index is 12.6. The third-order valence-electron chi connectivity index (χ3n) is 4.27. The number of hydrogen-bond donors (Lipinski definition) is 3. The van der Waals surface area contributed by atoms with Crippen LogP contribution in [0, 0.1) is 0 Å². The number of fused-ring (bicyclic) bond motifs is 1. The first kappa shape index (κ1) is 18.6. The van der Waals surface area contributed by atoms with E-state index in [9.17, 15) is 9.59 Å². The van der Waals surface area contributed by atoms with E-state index in [0.29, 0.717) is 5.02 Å². The van der Waals surface area contributed by atoms with Gasteiger partial charge in [0.2, 0.25) is 5.91 Å². The van der Waals surface area contributed by atoms with Crippen molar-refractivity contribution in [3.05, 3.63) is 64.7 Å². The second kappa shape index (κ2) is 8.47. The van der Waals surface area contributed by atoms with E-state index in [4.69, 9.17) is 17.3 Å². The van der Waals surface area contributed by atoms with Gasteiger partial charge in [-0.05, 0) is 35.7 Å². The summed E-state index contributed by atoms with van der Waals surface area (Å²) in [6.07, 6.45) is 0.985. The molecule has 0 fully saturated rings. The Balaban J connectivity index is 1.70. The van der Waals surface area contributed by atoms with Gasteiger partial charge >= 0.3 is 6.03 Å². The van der Waals surface area contributed by atoms with E-state index in [0.717, 1.165) is 23.3 Å². The van der Waals surface area contributed by atoms with Crippen molar-refractivity contribution in [1.29, 1.82) is 0 Å². The number of rotatable bonds is 5. The van der Waals surface area contributed by atoms with Gasteiger partial charge in [0, 0.05) is 15.7 Å². The summed E-state index contributed by atoms with van der Waals surface area (Å²) >= 11 is 7.71. The lowest BCUT2D eigenvalue weighted by molar-refractivity contribution is -0.122. The Kier molecular flexibility index (Phi) is 6.06. The van der Waals surface area contributed by atoms with Crippen molar-refractivity contribution in [2.45, 2.75) is 29.8 Å². The van der Waals surface area contributed by atoms with Crippen molar-refractivity contribution in [3.8, 4) is 0 Å². The van der Waals surface area contributed by atoms with Crippen LogP contribution in [-0.2, 0) is 4.79 Å². The van der Waals surface area contributed by atoms with Crippen molar-refractivity contribution in [1.82, 2.24) is 10.6 Å². The van der Waals surface area contributed by atoms with Crippen molar-refractivity contribution in [2.24, 2.45) is 5.73 Å². The number of primary amides is 1. The molecule has 26 heavy (non-hydrogen) atoms. The highest BCUT2D eigenvalue weighted by Gasteiger charge is 2.24. The maximum atomic E-state index is 12.6. The molecule has 0 spiro atoms. The van der Waals surface area contributed by atoms with Gasteiger partial charge in [-0.25, -0.2) is 4.79 Å². The van der Waals surface area contributed by atoms with Gasteiger partial charge in [0.15, 0.2) is 0 Å². The van der Waals surface area contributed by atoms with Gasteiger partial charge < -0.3 is 16.4 Å². The van der Waals surface area contributed by atoms with Gasteiger partial charge in [0.1, 0.15) is 0 Å². The molecular formula is C19H20ClN3O2S. The Morgan fingerprint density at radius 2 is 1.92 bits per heavy atom. The number of thioether (sulfide) groups is 1. The largest absolute Gasteiger partial charge is 0.352 e. The first-order valence-electron chi connectivity index (χ1n) is 8.35. The average Bonchev–Trinajstić information content (AvgIpc) is 2.62. The van der Waals surface area contributed by atoms with E-state index in [1.54, 1.807) is 36.0 Å². The second-order valence-corrected chi connectivity index (χ2v) is 7.69. The summed E-state index contributed by atoms with van der Waals surface area (Å²) in [5.74, 6) is 0.827. The van der Waals surface area contributed by atoms with Gasteiger partial charge in [-0.15, -0.1) is 11.8 Å². The van der Waals surface area contributed by atoms with E-state index in [-0.39, 0.29) is 18.4 Å². The molecule has 0 radical (unpaired) electrons. The molecule has 136 valence electrons. The molecule has 0 aromatic heterocycles. The van der Waals surface area contributed by atoms with Crippen LogP contribution in [0.3, 0.4) is 0 Å². The molecule has 3 rings (SSSR count).